The van der Waals surface area contributed by atoms with Gasteiger partial charge in [-0.05, 0) is 61.2 Å². The third-order valence-electron chi connectivity index (χ3n) is 5.66. The predicted molar refractivity (Wildman–Crippen MR) is 81.5 cm³/mol. The van der Waals surface area contributed by atoms with Crippen LogP contribution >= 0.6 is 0 Å². The summed E-state index contributed by atoms with van der Waals surface area (Å²) in [6.45, 7) is 0. The second-order valence-electron chi connectivity index (χ2n) is 6.45. The van der Waals surface area contributed by atoms with E-state index in [4.69, 9.17) is 4.43 Å². The summed E-state index contributed by atoms with van der Waals surface area (Å²) in [6.07, 6.45) is 18.9. The first-order chi connectivity index (χ1) is 9.36. The average Bonchev–Trinajstić information content (AvgIpc) is 2.94. The largest absolute Gasteiger partial charge is 0.553 e. The van der Waals surface area contributed by atoms with Gasteiger partial charge in [-0.15, -0.1) is 0 Å². The Kier molecular flexibility index (Phi) is 2.80. The molecule has 0 amide bonds. The number of fused-ring (bicyclic) bond motifs is 5. The van der Waals surface area contributed by atoms with Crippen LogP contribution in [0.1, 0.15) is 32.1 Å². The molecule has 4 rings (SSSR count). The number of allylic oxidation sites excluding steroid dienone is 7. The Hall–Kier alpha value is -1.02. The van der Waals surface area contributed by atoms with Crippen LogP contribution in [0.2, 0.25) is 0 Å². The molecule has 4 aliphatic rings. The van der Waals surface area contributed by atoms with Crippen molar-refractivity contribution in [2.45, 2.75) is 32.1 Å². The summed E-state index contributed by atoms with van der Waals surface area (Å²) >= 11 is 0. The number of hydrogen-bond donors (Lipinski definition) is 0. The standard InChI is InChI=1S/C17H22OSi/c19-18-13-6-9-15-12(10-13)5-8-16-14-3-1-2-11(14)4-7-17(15)16/h5-6,8-11,14-15,17H,1-4,7H2,19H3/t11-,14+,15-,17+/m0/s1. The molecule has 2 fully saturated rings. The Morgan fingerprint density at radius 2 is 2.00 bits per heavy atom. The van der Waals surface area contributed by atoms with Gasteiger partial charge in [0.25, 0.3) is 0 Å². The van der Waals surface area contributed by atoms with Gasteiger partial charge in [0.1, 0.15) is 5.76 Å². The van der Waals surface area contributed by atoms with Crippen molar-refractivity contribution in [3.05, 3.63) is 47.3 Å². The summed E-state index contributed by atoms with van der Waals surface area (Å²) in [6, 6.07) is 0. The summed E-state index contributed by atoms with van der Waals surface area (Å²) in [7, 11) is 0.780. The van der Waals surface area contributed by atoms with E-state index in [0.29, 0.717) is 5.92 Å². The van der Waals surface area contributed by atoms with Crippen molar-refractivity contribution in [3.8, 4) is 0 Å². The molecule has 2 saturated carbocycles. The van der Waals surface area contributed by atoms with Gasteiger partial charge in [0.2, 0.25) is 10.5 Å². The molecule has 0 radical (unpaired) electrons. The van der Waals surface area contributed by atoms with Gasteiger partial charge >= 0.3 is 0 Å². The molecule has 0 aromatic carbocycles. The molecule has 4 aliphatic carbocycles. The lowest BCUT2D eigenvalue weighted by Crippen LogP contribution is -2.31. The van der Waals surface area contributed by atoms with Gasteiger partial charge in [-0.25, -0.2) is 0 Å². The second-order valence-corrected chi connectivity index (χ2v) is 6.86. The van der Waals surface area contributed by atoms with Gasteiger partial charge in [-0.2, -0.15) is 0 Å². The van der Waals surface area contributed by atoms with Crippen molar-refractivity contribution in [1.29, 1.82) is 0 Å². The van der Waals surface area contributed by atoms with E-state index in [0.717, 1.165) is 34.0 Å². The zero-order valence-electron chi connectivity index (χ0n) is 11.6. The second kappa shape index (κ2) is 4.52. The minimum Gasteiger partial charge on any atom is -0.553 e. The molecule has 0 aliphatic heterocycles. The van der Waals surface area contributed by atoms with Crippen LogP contribution in [0.25, 0.3) is 0 Å². The molecule has 4 atom stereocenters. The van der Waals surface area contributed by atoms with E-state index in [2.05, 4.69) is 30.4 Å². The zero-order valence-corrected chi connectivity index (χ0v) is 13.6. The average molecular weight is 270 g/mol. The molecule has 0 aromatic heterocycles. The van der Waals surface area contributed by atoms with Crippen LogP contribution in [0, 0.1) is 23.7 Å². The lowest BCUT2D eigenvalue weighted by atomic mass is 9.63. The molecular formula is C17H22OSi. The van der Waals surface area contributed by atoms with E-state index in [1.54, 1.807) is 5.57 Å². The van der Waals surface area contributed by atoms with Gasteiger partial charge in [-0.3, -0.25) is 0 Å². The van der Waals surface area contributed by atoms with Crippen molar-refractivity contribution in [2.75, 3.05) is 0 Å². The van der Waals surface area contributed by atoms with E-state index in [-0.39, 0.29) is 0 Å². The van der Waals surface area contributed by atoms with Crippen molar-refractivity contribution >= 4 is 10.5 Å². The molecule has 2 heteroatoms. The quantitative estimate of drug-likeness (QED) is 0.666. The van der Waals surface area contributed by atoms with Crippen LogP contribution in [0.3, 0.4) is 0 Å². The highest BCUT2D eigenvalue weighted by Crippen LogP contribution is 2.52. The molecule has 0 spiro atoms. The minimum atomic E-state index is 0.627. The van der Waals surface area contributed by atoms with Gasteiger partial charge in [0.15, 0.2) is 0 Å². The summed E-state index contributed by atoms with van der Waals surface area (Å²) in [5.41, 5.74) is 3.24. The number of rotatable bonds is 1. The van der Waals surface area contributed by atoms with Crippen LogP contribution < -0.4 is 0 Å². The molecule has 0 saturated heterocycles. The van der Waals surface area contributed by atoms with Crippen LogP contribution in [0.5, 0.6) is 0 Å². The Morgan fingerprint density at radius 1 is 1.05 bits per heavy atom. The smallest absolute Gasteiger partial charge is 0.204 e. The SMILES string of the molecule is [SiH3]OC1=CC2=CC=C3[C@@H]4CCC[C@H]4CC[C@@H]3[C@H]2C=C1. The Morgan fingerprint density at radius 3 is 2.89 bits per heavy atom. The maximum atomic E-state index is 5.50. The van der Waals surface area contributed by atoms with E-state index >= 15 is 0 Å². The first kappa shape index (κ1) is 11.8. The van der Waals surface area contributed by atoms with Gasteiger partial charge in [0.05, 0.1) is 0 Å². The van der Waals surface area contributed by atoms with Gasteiger partial charge < -0.3 is 4.43 Å². The molecule has 0 bridgehead atoms. The summed E-state index contributed by atoms with van der Waals surface area (Å²) in [5.74, 6) is 4.37. The minimum absolute atomic E-state index is 0.627. The Balaban J connectivity index is 1.70. The Bertz CT molecular complexity index is 511. The van der Waals surface area contributed by atoms with E-state index in [1.165, 1.54) is 37.7 Å². The number of hydrogen-bond acceptors (Lipinski definition) is 1. The first-order valence-electron chi connectivity index (χ1n) is 7.72. The predicted octanol–water partition coefficient (Wildman–Crippen LogP) is 3.05. The van der Waals surface area contributed by atoms with Crippen molar-refractivity contribution in [1.82, 2.24) is 0 Å². The first-order valence-corrected chi connectivity index (χ1v) is 8.54. The van der Waals surface area contributed by atoms with Crippen LogP contribution in [0.15, 0.2) is 47.3 Å². The molecule has 0 heterocycles. The molecule has 0 unspecified atom stereocenters. The normalized spacial score (nSPS) is 39.7. The summed E-state index contributed by atoms with van der Waals surface area (Å²) < 4.78 is 5.50. The van der Waals surface area contributed by atoms with E-state index in [1.807, 2.05) is 0 Å². The Labute approximate surface area is 118 Å². The monoisotopic (exact) mass is 270 g/mol. The van der Waals surface area contributed by atoms with Gasteiger partial charge in [0, 0.05) is 5.92 Å². The molecule has 19 heavy (non-hydrogen) atoms. The van der Waals surface area contributed by atoms with E-state index < -0.39 is 0 Å². The van der Waals surface area contributed by atoms with Crippen molar-refractivity contribution in [2.24, 2.45) is 23.7 Å². The molecule has 0 aromatic rings. The fourth-order valence-electron chi connectivity index (χ4n) is 4.75. The van der Waals surface area contributed by atoms with E-state index in [9.17, 15) is 0 Å². The lowest BCUT2D eigenvalue weighted by Gasteiger charge is -2.41. The van der Waals surface area contributed by atoms with Gasteiger partial charge in [-0.1, -0.05) is 30.2 Å². The molecule has 0 N–H and O–H groups in total. The maximum Gasteiger partial charge on any atom is 0.204 e. The fourth-order valence-corrected chi connectivity index (χ4v) is 5.01. The third-order valence-corrected chi connectivity index (χ3v) is 6.13. The highest BCUT2D eigenvalue weighted by atomic mass is 28.2. The molecule has 100 valence electrons. The lowest BCUT2D eigenvalue weighted by molar-refractivity contribution is 0.264. The molecular weight excluding hydrogens is 248 g/mol. The fraction of sp³-hybridized carbons (Fsp3) is 0.529. The van der Waals surface area contributed by atoms with Crippen LogP contribution in [-0.4, -0.2) is 10.5 Å². The van der Waals surface area contributed by atoms with Crippen molar-refractivity contribution < 1.29 is 4.43 Å². The van der Waals surface area contributed by atoms with Crippen LogP contribution in [0.4, 0.5) is 0 Å². The summed E-state index contributed by atoms with van der Waals surface area (Å²) in [4.78, 5) is 0. The topological polar surface area (TPSA) is 9.23 Å². The van der Waals surface area contributed by atoms with Crippen molar-refractivity contribution in [3.63, 3.8) is 0 Å². The summed E-state index contributed by atoms with van der Waals surface area (Å²) in [5, 5.41) is 0. The third kappa shape index (κ3) is 1.80. The zero-order chi connectivity index (χ0) is 12.8. The highest BCUT2D eigenvalue weighted by Gasteiger charge is 2.41. The molecule has 1 nitrogen and oxygen atoms in total. The maximum absolute atomic E-state index is 5.50. The highest BCUT2D eigenvalue weighted by molar-refractivity contribution is 5.99. The van der Waals surface area contributed by atoms with Crippen LogP contribution in [-0.2, 0) is 4.43 Å².